The van der Waals surface area contributed by atoms with E-state index in [4.69, 9.17) is 24.0 Å². The molecule has 4 heterocycles. The maximum absolute atomic E-state index is 12.7. The summed E-state index contributed by atoms with van der Waals surface area (Å²) in [4.78, 5) is 48.3. The number of carbonyl (C=O) groups excluding carboxylic acids is 2. The van der Waals surface area contributed by atoms with Gasteiger partial charge in [-0.05, 0) is 43.9 Å². The quantitative estimate of drug-likeness (QED) is 0.384. The Morgan fingerprint density at radius 3 is 2.54 bits per heavy atom. The first-order valence-corrected chi connectivity index (χ1v) is 12.9. The average Bonchev–Trinajstić information content (AvgIpc) is 3.04. The lowest BCUT2D eigenvalue weighted by molar-refractivity contribution is -0.576. The average molecular weight is 498 g/mol. The number of carboxylic acid groups (broad SMARTS) is 1. The fraction of sp³-hybridized carbons (Fsp3) is 0.880. The molecule has 1 spiro atoms. The van der Waals surface area contributed by atoms with Gasteiger partial charge in [-0.25, -0.2) is 14.6 Å². The number of ether oxygens (including phenoxy) is 3. The number of carboxylic acids is 1. The maximum atomic E-state index is 12.7. The van der Waals surface area contributed by atoms with Gasteiger partial charge in [-0.2, -0.15) is 0 Å². The van der Waals surface area contributed by atoms with Crippen LogP contribution in [0.3, 0.4) is 0 Å². The Balaban J connectivity index is 1.39. The number of fused-ring (bicyclic) bond motifs is 2. The van der Waals surface area contributed by atoms with E-state index in [2.05, 4.69) is 12.2 Å². The minimum absolute atomic E-state index is 0.0260. The molecule has 10 heteroatoms. The molecule has 10 nitrogen and oxygen atoms in total. The molecule has 35 heavy (non-hydrogen) atoms. The number of rotatable bonds is 8. The Morgan fingerprint density at radius 1 is 1.11 bits per heavy atom. The lowest BCUT2D eigenvalue weighted by atomic mass is 9.58. The van der Waals surface area contributed by atoms with Gasteiger partial charge in [-0.15, -0.1) is 0 Å². The third kappa shape index (κ3) is 4.82. The standard InChI is InChI=1S/C25H39NO9/c1-6-13(2)20(21(29)30)26-18(27)9-10-19(28)31-22-15(4)17-8-7-14(3)16-11-12-24(5)33-23(32-22)25(16,17)35-34-24/h13-17,20,22-23H,6-12H2,1-5H3,(H,26,27)(H,29,30). The van der Waals surface area contributed by atoms with E-state index in [0.717, 1.165) is 19.3 Å². The monoisotopic (exact) mass is 497 g/mol. The van der Waals surface area contributed by atoms with Gasteiger partial charge in [0.25, 0.3) is 0 Å². The van der Waals surface area contributed by atoms with Crippen LogP contribution in [0.2, 0.25) is 0 Å². The number of hydrogen-bond donors (Lipinski definition) is 2. The highest BCUT2D eigenvalue weighted by molar-refractivity contribution is 5.85. The van der Waals surface area contributed by atoms with Crippen molar-refractivity contribution in [2.45, 2.75) is 110 Å². The van der Waals surface area contributed by atoms with E-state index in [0.29, 0.717) is 18.8 Å². The summed E-state index contributed by atoms with van der Waals surface area (Å²) in [5.41, 5.74) is -0.738. The van der Waals surface area contributed by atoms with Gasteiger partial charge in [-0.1, -0.05) is 34.1 Å². The first-order valence-electron chi connectivity index (χ1n) is 12.9. The molecule has 0 aromatic rings. The van der Waals surface area contributed by atoms with Gasteiger partial charge in [0.15, 0.2) is 11.9 Å². The van der Waals surface area contributed by atoms with Crippen molar-refractivity contribution in [1.82, 2.24) is 5.32 Å². The summed E-state index contributed by atoms with van der Waals surface area (Å²) >= 11 is 0. The number of esters is 1. The van der Waals surface area contributed by atoms with E-state index in [1.807, 2.05) is 20.8 Å². The zero-order chi connectivity index (χ0) is 25.5. The maximum Gasteiger partial charge on any atom is 0.326 e. The number of aliphatic carboxylic acids is 1. The second-order valence-corrected chi connectivity index (χ2v) is 11.0. The molecular weight excluding hydrogens is 458 g/mol. The fourth-order valence-electron chi connectivity index (χ4n) is 6.34. The Bertz CT molecular complexity index is 836. The van der Waals surface area contributed by atoms with Crippen molar-refractivity contribution in [2.24, 2.45) is 29.6 Å². The van der Waals surface area contributed by atoms with E-state index < -0.39 is 47.9 Å². The number of amides is 1. The molecule has 1 saturated carbocycles. The molecule has 5 aliphatic rings. The van der Waals surface area contributed by atoms with E-state index in [1.165, 1.54) is 0 Å². The smallest absolute Gasteiger partial charge is 0.326 e. The lowest BCUT2D eigenvalue weighted by Crippen LogP contribution is -2.70. The van der Waals surface area contributed by atoms with Gasteiger partial charge >= 0.3 is 11.9 Å². The molecule has 5 fully saturated rings. The molecule has 0 aromatic heterocycles. The largest absolute Gasteiger partial charge is 0.480 e. The van der Waals surface area contributed by atoms with Crippen molar-refractivity contribution in [2.75, 3.05) is 0 Å². The van der Waals surface area contributed by atoms with Crippen molar-refractivity contribution >= 4 is 17.8 Å². The molecule has 5 rings (SSSR count). The molecule has 10 unspecified atom stereocenters. The topological polar surface area (TPSA) is 130 Å². The Morgan fingerprint density at radius 2 is 1.86 bits per heavy atom. The minimum atomic E-state index is -1.09. The highest BCUT2D eigenvalue weighted by atomic mass is 17.3. The Kier molecular flexibility index (Phi) is 7.48. The van der Waals surface area contributed by atoms with Crippen LogP contribution in [0.5, 0.6) is 0 Å². The van der Waals surface area contributed by atoms with Gasteiger partial charge < -0.3 is 24.6 Å². The van der Waals surface area contributed by atoms with Crippen LogP contribution in [0.15, 0.2) is 0 Å². The van der Waals surface area contributed by atoms with Gasteiger partial charge in [0.2, 0.25) is 18.0 Å². The van der Waals surface area contributed by atoms with E-state index in [9.17, 15) is 19.5 Å². The predicted octanol–water partition coefficient (Wildman–Crippen LogP) is 3.13. The van der Waals surface area contributed by atoms with Crippen molar-refractivity contribution in [3.8, 4) is 0 Å². The van der Waals surface area contributed by atoms with E-state index in [1.54, 1.807) is 6.92 Å². The molecule has 10 atom stereocenters. The van der Waals surface area contributed by atoms with Crippen LogP contribution in [0.1, 0.15) is 79.6 Å². The third-order valence-corrected chi connectivity index (χ3v) is 8.70. The number of nitrogens with one attached hydrogen (secondary N) is 1. The highest BCUT2D eigenvalue weighted by Gasteiger charge is 2.69. The van der Waals surface area contributed by atoms with Gasteiger partial charge in [0, 0.05) is 24.7 Å². The summed E-state index contributed by atoms with van der Waals surface area (Å²) in [6.45, 7) is 9.67. The SMILES string of the molecule is CCC(C)C(NC(=O)CCC(=O)OC1OC2OC3(C)CCC4C(C)CCC(C1C)C24OO3)C(=O)O. The minimum Gasteiger partial charge on any atom is -0.480 e. The van der Waals surface area contributed by atoms with Gasteiger partial charge in [0.1, 0.15) is 6.04 Å². The summed E-state index contributed by atoms with van der Waals surface area (Å²) in [7, 11) is 0. The second kappa shape index (κ2) is 9.95. The van der Waals surface area contributed by atoms with Crippen molar-refractivity contribution in [1.29, 1.82) is 0 Å². The molecule has 4 saturated heterocycles. The van der Waals surface area contributed by atoms with Crippen molar-refractivity contribution in [3.63, 3.8) is 0 Å². The van der Waals surface area contributed by atoms with Crippen LogP contribution in [0.25, 0.3) is 0 Å². The van der Waals surface area contributed by atoms with Crippen LogP contribution < -0.4 is 5.32 Å². The molecular formula is C25H39NO9. The van der Waals surface area contributed by atoms with Crippen LogP contribution in [-0.2, 0) is 38.4 Å². The molecule has 4 aliphatic heterocycles. The lowest BCUT2D eigenvalue weighted by Gasteiger charge is -2.59. The Hall–Kier alpha value is -1.75. The zero-order valence-corrected chi connectivity index (χ0v) is 21.3. The summed E-state index contributed by atoms with van der Waals surface area (Å²) in [6.07, 6.45) is 2.23. The first kappa shape index (κ1) is 26.3. The highest BCUT2D eigenvalue weighted by Crippen LogP contribution is 2.60. The molecule has 2 N–H and O–H groups in total. The number of hydrogen-bond acceptors (Lipinski definition) is 8. The zero-order valence-electron chi connectivity index (χ0n) is 21.3. The predicted molar refractivity (Wildman–Crippen MR) is 121 cm³/mol. The van der Waals surface area contributed by atoms with Crippen LogP contribution in [0, 0.1) is 29.6 Å². The first-order chi connectivity index (χ1) is 16.5. The van der Waals surface area contributed by atoms with Crippen molar-refractivity contribution in [3.05, 3.63) is 0 Å². The fourth-order valence-corrected chi connectivity index (χ4v) is 6.34. The summed E-state index contributed by atoms with van der Waals surface area (Å²) < 4.78 is 18.2. The summed E-state index contributed by atoms with van der Waals surface area (Å²) in [6, 6.07) is -0.991. The van der Waals surface area contributed by atoms with Gasteiger partial charge in [0.05, 0.1) is 6.42 Å². The summed E-state index contributed by atoms with van der Waals surface area (Å²) in [5, 5.41) is 11.9. The molecule has 0 aromatic carbocycles. The van der Waals surface area contributed by atoms with E-state index >= 15 is 0 Å². The summed E-state index contributed by atoms with van der Waals surface area (Å²) in [5.74, 6) is -2.80. The molecule has 198 valence electrons. The molecule has 1 aliphatic carbocycles. The van der Waals surface area contributed by atoms with Crippen LogP contribution >= 0.6 is 0 Å². The van der Waals surface area contributed by atoms with Crippen molar-refractivity contribution < 1.29 is 43.5 Å². The van der Waals surface area contributed by atoms with Crippen LogP contribution in [0.4, 0.5) is 0 Å². The molecule has 1 amide bonds. The second-order valence-electron chi connectivity index (χ2n) is 11.0. The van der Waals surface area contributed by atoms with Crippen LogP contribution in [-0.4, -0.2) is 53.0 Å². The third-order valence-electron chi connectivity index (χ3n) is 8.70. The Labute approximate surface area is 206 Å². The van der Waals surface area contributed by atoms with Gasteiger partial charge in [-0.3, -0.25) is 9.59 Å². The normalized spacial score (nSPS) is 41.7. The molecule has 2 bridgehead atoms. The number of carbonyl (C=O) groups is 3. The van der Waals surface area contributed by atoms with E-state index in [-0.39, 0.29) is 36.5 Å². The molecule has 0 radical (unpaired) electrons.